The molecule has 0 radical (unpaired) electrons. The van der Waals surface area contributed by atoms with Gasteiger partial charge in [-0.25, -0.2) is 13.1 Å². The highest BCUT2D eigenvalue weighted by molar-refractivity contribution is 7.89. The Bertz CT molecular complexity index is 794. The first-order chi connectivity index (χ1) is 11.0. The van der Waals surface area contributed by atoms with Crippen molar-refractivity contribution in [2.24, 2.45) is 0 Å². The Labute approximate surface area is 134 Å². The van der Waals surface area contributed by atoms with E-state index in [0.29, 0.717) is 31.1 Å². The molecule has 1 aliphatic rings. The Morgan fingerprint density at radius 3 is 2.61 bits per heavy atom. The molecule has 1 aliphatic heterocycles. The van der Waals surface area contributed by atoms with Crippen LogP contribution >= 0.6 is 0 Å². The third-order valence-corrected chi connectivity index (χ3v) is 5.25. The number of rotatable bonds is 5. The third kappa shape index (κ3) is 3.32. The van der Waals surface area contributed by atoms with E-state index in [1.54, 1.807) is 13.8 Å². The van der Waals surface area contributed by atoms with Gasteiger partial charge in [0, 0.05) is 6.54 Å². The molecule has 2 heterocycles. The molecule has 7 nitrogen and oxygen atoms in total. The van der Waals surface area contributed by atoms with Crippen LogP contribution in [0.4, 0.5) is 0 Å². The van der Waals surface area contributed by atoms with Gasteiger partial charge in [0.25, 0.3) is 0 Å². The number of sulfonamides is 1. The van der Waals surface area contributed by atoms with Gasteiger partial charge in [-0.1, -0.05) is 11.2 Å². The average Bonchev–Trinajstić information content (AvgIpc) is 2.86. The van der Waals surface area contributed by atoms with Crippen LogP contribution in [0.15, 0.2) is 27.6 Å². The summed E-state index contributed by atoms with van der Waals surface area (Å²) >= 11 is 0. The number of nitrogens with one attached hydrogen (secondary N) is 1. The predicted octanol–water partition coefficient (Wildman–Crippen LogP) is 1.58. The number of aromatic nitrogens is 1. The summed E-state index contributed by atoms with van der Waals surface area (Å²) in [6.45, 7) is 4.52. The maximum Gasteiger partial charge on any atom is 0.245 e. The second kappa shape index (κ2) is 6.21. The summed E-state index contributed by atoms with van der Waals surface area (Å²) in [5.74, 6) is 1.70. The molecule has 3 rings (SSSR count). The smallest absolute Gasteiger partial charge is 0.245 e. The van der Waals surface area contributed by atoms with Crippen LogP contribution in [0.3, 0.4) is 0 Å². The van der Waals surface area contributed by atoms with Gasteiger partial charge in [0.2, 0.25) is 10.0 Å². The minimum atomic E-state index is -3.63. The minimum Gasteiger partial charge on any atom is -0.486 e. The minimum absolute atomic E-state index is 0.111. The van der Waals surface area contributed by atoms with Crippen LogP contribution in [0.1, 0.15) is 17.0 Å². The fourth-order valence-electron chi connectivity index (χ4n) is 2.50. The Morgan fingerprint density at radius 2 is 1.91 bits per heavy atom. The monoisotopic (exact) mass is 338 g/mol. The van der Waals surface area contributed by atoms with Crippen LogP contribution in [-0.2, 0) is 16.4 Å². The summed E-state index contributed by atoms with van der Waals surface area (Å²) in [6.07, 6.45) is 0.541. The van der Waals surface area contributed by atoms with E-state index in [2.05, 4.69) is 9.88 Å². The molecule has 8 heteroatoms. The second-order valence-electron chi connectivity index (χ2n) is 5.28. The zero-order valence-electron chi connectivity index (χ0n) is 13.0. The summed E-state index contributed by atoms with van der Waals surface area (Å²) in [4.78, 5) is 0.111. The molecule has 0 aliphatic carbocycles. The van der Waals surface area contributed by atoms with Gasteiger partial charge in [-0.3, -0.25) is 0 Å². The predicted molar refractivity (Wildman–Crippen MR) is 82.3 cm³/mol. The molecule has 0 saturated heterocycles. The van der Waals surface area contributed by atoms with Crippen LogP contribution in [0.2, 0.25) is 0 Å². The van der Waals surface area contributed by atoms with Crippen molar-refractivity contribution in [1.29, 1.82) is 0 Å². The van der Waals surface area contributed by atoms with Crippen LogP contribution in [0.5, 0.6) is 11.5 Å². The topological polar surface area (TPSA) is 90.7 Å². The molecule has 1 N–H and O–H groups in total. The zero-order chi connectivity index (χ0) is 16.4. The van der Waals surface area contributed by atoms with Gasteiger partial charge in [-0.15, -0.1) is 0 Å². The van der Waals surface area contributed by atoms with E-state index < -0.39 is 10.0 Å². The summed E-state index contributed by atoms with van der Waals surface area (Å²) in [7, 11) is -3.63. The molecule has 124 valence electrons. The van der Waals surface area contributed by atoms with Crippen LogP contribution in [-0.4, -0.2) is 33.3 Å². The van der Waals surface area contributed by atoms with Crippen LogP contribution < -0.4 is 14.2 Å². The van der Waals surface area contributed by atoms with E-state index in [1.165, 1.54) is 0 Å². The molecule has 0 amide bonds. The Balaban J connectivity index is 1.65. The Kier molecular flexibility index (Phi) is 4.27. The lowest BCUT2D eigenvalue weighted by Crippen LogP contribution is -2.26. The molecule has 0 spiro atoms. The maximum absolute atomic E-state index is 12.3. The second-order valence-corrected chi connectivity index (χ2v) is 6.98. The molecule has 0 unspecified atom stereocenters. The first-order valence-electron chi connectivity index (χ1n) is 7.28. The standard InChI is InChI=1S/C15H18N2O5S/c1-10-15(11(2)22-17-10)23(18,19)16-6-5-12-3-4-13-14(9-12)21-8-7-20-13/h3-4,9,16H,5-8H2,1-2H3. The summed E-state index contributed by atoms with van der Waals surface area (Å²) in [6, 6.07) is 5.61. The number of ether oxygens (including phenoxy) is 2. The first kappa shape index (κ1) is 15.8. The molecule has 1 aromatic carbocycles. The van der Waals surface area contributed by atoms with Crippen LogP contribution in [0, 0.1) is 13.8 Å². The van der Waals surface area contributed by atoms with Gasteiger partial charge in [0.05, 0.1) is 0 Å². The van der Waals surface area contributed by atoms with E-state index in [1.807, 2.05) is 18.2 Å². The fourth-order valence-corrected chi connectivity index (χ4v) is 3.86. The number of fused-ring (bicyclic) bond motifs is 1. The van der Waals surface area contributed by atoms with Crippen molar-refractivity contribution in [3.05, 3.63) is 35.2 Å². The number of nitrogens with zero attached hydrogens (tertiary/aromatic N) is 1. The van der Waals surface area contributed by atoms with E-state index in [4.69, 9.17) is 14.0 Å². The Hall–Kier alpha value is -2.06. The largest absolute Gasteiger partial charge is 0.486 e. The number of hydrogen-bond acceptors (Lipinski definition) is 6. The SMILES string of the molecule is Cc1noc(C)c1S(=O)(=O)NCCc1ccc2c(c1)OCCO2. The van der Waals surface area contributed by atoms with Crippen molar-refractivity contribution in [3.8, 4) is 11.5 Å². The lowest BCUT2D eigenvalue weighted by molar-refractivity contribution is 0.171. The lowest BCUT2D eigenvalue weighted by Gasteiger charge is -2.18. The molecule has 0 saturated carbocycles. The molecule has 1 aromatic heterocycles. The van der Waals surface area contributed by atoms with E-state index in [9.17, 15) is 8.42 Å². The van der Waals surface area contributed by atoms with Gasteiger partial charge in [0.15, 0.2) is 17.3 Å². The van der Waals surface area contributed by atoms with Gasteiger partial charge in [-0.2, -0.15) is 0 Å². The normalized spacial score (nSPS) is 14.0. The fraction of sp³-hybridized carbons (Fsp3) is 0.400. The van der Waals surface area contributed by atoms with Crippen molar-refractivity contribution in [2.45, 2.75) is 25.2 Å². The van der Waals surface area contributed by atoms with Gasteiger partial charge < -0.3 is 14.0 Å². The maximum atomic E-state index is 12.3. The van der Waals surface area contributed by atoms with Crippen molar-refractivity contribution in [3.63, 3.8) is 0 Å². The number of hydrogen-bond donors (Lipinski definition) is 1. The van der Waals surface area contributed by atoms with Crippen molar-refractivity contribution in [1.82, 2.24) is 9.88 Å². The highest BCUT2D eigenvalue weighted by Gasteiger charge is 2.23. The molecule has 2 aromatic rings. The van der Waals surface area contributed by atoms with E-state index in [-0.39, 0.29) is 17.2 Å². The van der Waals surface area contributed by atoms with Gasteiger partial charge in [0.1, 0.15) is 23.8 Å². The average molecular weight is 338 g/mol. The molecule has 23 heavy (non-hydrogen) atoms. The van der Waals surface area contributed by atoms with E-state index in [0.717, 1.165) is 11.3 Å². The third-order valence-electron chi connectivity index (χ3n) is 3.55. The lowest BCUT2D eigenvalue weighted by atomic mass is 10.1. The zero-order valence-corrected chi connectivity index (χ0v) is 13.8. The molecular formula is C15H18N2O5S. The summed E-state index contributed by atoms with van der Waals surface area (Å²) in [5, 5.41) is 3.67. The van der Waals surface area contributed by atoms with Crippen LogP contribution in [0.25, 0.3) is 0 Å². The van der Waals surface area contributed by atoms with Crippen molar-refractivity contribution >= 4 is 10.0 Å². The molecule has 0 atom stereocenters. The summed E-state index contributed by atoms with van der Waals surface area (Å²) in [5.41, 5.74) is 1.32. The molecule has 0 fully saturated rings. The molecular weight excluding hydrogens is 320 g/mol. The number of benzene rings is 1. The highest BCUT2D eigenvalue weighted by Crippen LogP contribution is 2.30. The van der Waals surface area contributed by atoms with E-state index >= 15 is 0 Å². The Morgan fingerprint density at radius 1 is 1.17 bits per heavy atom. The summed E-state index contributed by atoms with van der Waals surface area (Å²) < 4.78 is 43.1. The van der Waals surface area contributed by atoms with Crippen molar-refractivity contribution < 1.29 is 22.4 Å². The first-order valence-corrected chi connectivity index (χ1v) is 8.77. The molecule has 0 bridgehead atoms. The van der Waals surface area contributed by atoms with Crippen molar-refractivity contribution in [2.75, 3.05) is 19.8 Å². The van der Waals surface area contributed by atoms with Gasteiger partial charge in [-0.05, 0) is 38.0 Å². The number of aryl methyl sites for hydroxylation is 2. The van der Waals surface area contributed by atoms with Gasteiger partial charge >= 0.3 is 0 Å². The quantitative estimate of drug-likeness (QED) is 0.890. The highest BCUT2D eigenvalue weighted by atomic mass is 32.2.